The van der Waals surface area contributed by atoms with Crippen LogP contribution in [0.4, 0.5) is 0 Å². The summed E-state index contributed by atoms with van der Waals surface area (Å²) < 4.78 is 0. The zero-order valence-corrected chi connectivity index (χ0v) is 33.2. The molecule has 0 nitrogen and oxygen atoms in total. The van der Waals surface area contributed by atoms with Gasteiger partial charge >= 0.3 is 0 Å². The van der Waals surface area contributed by atoms with Crippen molar-refractivity contribution in [3.8, 4) is 22.3 Å². The molecule has 1 heteroatoms. The molecule has 0 saturated carbocycles. The summed E-state index contributed by atoms with van der Waals surface area (Å²) >= 11 is 1.91. The maximum Gasteiger partial charge on any atom is 0.0735 e. The molecular weight excluding hydrogens is 729 g/mol. The number of hydrogen-bond donors (Lipinski definition) is 0. The summed E-state index contributed by atoms with van der Waals surface area (Å²) in [5, 5.41) is 5.10. The second-order valence-electron chi connectivity index (χ2n) is 15.9. The fourth-order valence-corrected chi connectivity index (χ4v) is 11.9. The van der Waals surface area contributed by atoms with E-state index >= 15 is 0 Å². The van der Waals surface area contributed by atoms with E-state index in [0.717, 1.165) is 0 Å². The quantitative estimate of drug-likeness (QED) is 0.168. The van der Waals surface area contributed by atoms with E-state index in [1.54, 1.807) is 0 Å². The highest BCUT2D eigenvalue weighted by atomic mass is 32.2. The molecule has 2 aliphatic rings. The minimum Gasteiger partial charge on any atom is -0.0894 e. The van der Waals surface area contributed by atoms with Gasteiger partial charge in [0, 0.05) is 9.79 Å². The van der Waals surface area contributed by atoms with Crippen molar-refractivity contribution < 1.29 is 0 Å². The van der Waals surface area contributed by atoms with E-state index in [1.807, 2.05) is 11.8 Å². The van der Waals surface area contributed by atoms with Crippen LogP contribution in [0.5, 0.6) is 0 Å². The van der Waals surface area contributed by atoms with Crippen molar-refractivity contribution in [1.82, 2.24) is 0 Å². The Morgan fingerprint density at radius 2 is 0.729 bits per heavy atom. The van der Waals surface area contributed by atoms with Crippen LogP contribution in [-0.2, 0) is 10.8 Å². The van der Waals surface area contributed by atoms with Gasteiger partial charge in [0.1, 0.15) is 0 Å². The van der Waals surface area contributed by atoms with Crippen molar-refractivity contribution in [2.24, 2.45) is 0 Å². The van der Waals surface area contributed by atoms with Gasteiger partial charge in [-0.1, -0.05) is 224 Å². The fourth-order valence-electron chi connectivity index (χ4n) is 10.7. The highest BCUT2D eigenvalue weighted by Gasteiger charge is 2.48. The van der Waals surface area contributed by atoms with E-state index in [0.29, 0.717) is 0 Å². The first-order valence-corrected chi connectivity index (χ1v) is 21.3. The molecule has 0 unspecified atom stereocenters. The molecule has 0 saturated heterocycles. The summed E-state index contributed by atoms with van der Waals surface area (Å²) in [6.45, 7) is 0. The first-order chi connectivity index (χ1) is 29.3. The van der Waals surface area contributed by atoms with E-state index in [4.69, 9.17) is 0 Å². The number of benzene rings is 10. The van der Waals surface area contributed by atoms with Gasteiger partial charge in [-0.25, -0.2) is 0 Å². The molecule has 0 N–H and O–H groups in total. The monoisotopic (exact) mass is 766 g/mol. The van der Waals surface area contributed by atoms with Gasteiger partial charge in [-0.3, -0.25) is 0 Å². The number of rotatable bonds is 5. The molecule has 0 atom stereocenters. The lowest BCUT2D eigenvalue weighted by molar-refractivity contribution is 0.718. The maximum absolute atomic E-state index is 2.47. The fraction of sp³-hybridized carbons (Fsp3) is 0.0345. The molecule has 1 aliphatic heterocycles. The van der Waals surface area contributed by atoms with E-state index < -0.39 is 10.8 Å². The van der Waals surface area contributed by atoms with Crippen LogP contribution < -0.4 is 0 Å². The van der Waals surface area contributed by atoms with Crippen LogP contribution in [0.1, 0.15) is 44.5 Å². The van der Waals surface area contributed by atoms with Gasteiger partial charge in [0.2, 0.25) is 0 Å². The summed E-state index contributed by atoms with van der Waals surface area (Å²) in [7, 11) is 0. The Hall–Kier alpha value is -6.93. The van der Waals surface area contributed by atoms with Crippen molar-refractivity contribution in [3.05, 3.63) is 275 Å². The van der Waals surface area contributed by atoms with Gasteiger partial charge in [0.25, 0.3) is 0 Å². The molecule has 10 aromatic rings. The van der Waals surface area contributed by atoms with E-state index in [9.17, 15) is 0 Å². The van der Waals surface area contributed by atoms with Crippen LogP contribution in [0.15, 0.2) is 240 Å². The smallest absolute Gasteiger partial charge is 0.0735 e. The first-order valence-electron chi connectivity index (χ1n) is 20.5. The van der Waals surface area contributed by atoms with E-state index in [-0.39, 0.29) is 0 Å². The topological polar surface area (TPSA) is 0 Å². The van der Waals surface area contributed by atoms with Crippen molar-refractivity contribution >= 4 is 33.3 Å². The molecule has 10 aromatic carbocycles. The van der Waals surface area contributed by atoms with Crippen LogP contribution in [-0.4, -0.2) is 0 Å². The lowest BCUT2D eigenvalue weighted by Gasteiger charge is -2.43. The Labute approximate surface area is 349 Å². The van der Waals surface area contributed by atoms with Gasteiger partial charge in [-0.2, -0.15) is 0 Å². The van der Waals surface area contributed by atoms with Gasteiger partial charge in [0.15, 0.2) is 0 Å². The molecule has 0 spiro atoms. The second kappa shape index (κ2) is 13.3. The molecule has 12 rings (SSSR count). The average molecular weight is 767 g/mol. The molecule has 276 valence electrons. The van der Waals surface area contributed by atoms with Crippen molar-refractivity contribution in [3.63, 3.8) is 0 Å². The summed E-state index contributed by atoms with van der Waals surface area (Å²) in [5.74, 6) is 0. The summed E-state index contributed by atoms with van der Waals surface area (Å²) in [5.41, 5.74) is 14.4. The molecule has 0 fully saturated rings. The molecule has 0 amide bonds. The lowest BCUT2D eigenvalue weighted by Crippen LogP contribution is -2.34. The summed E-state index contributed by atoms with van der Waals surface area (Å²) in [4.78, 5) is 2.60. The first kappa shape index (κ1) is 34.1. The standard InChI is InChI=1S/C58H38S/c1-4-18-43(19-5-1)57(44-20-6-2-7-21-44)51-27-15-14-26-49(51)50-35-30-42(38-52(50)57)39-28-33-46(34-29-39)58(45-22-8-3-9-23-45)55-47-24-12-10-16-40(47)31-36-53(55)59-54-37-32-41-17-11-13-25-48(41)56(54)58/h1-38H. The van der Waals surface area contributed by atoms with Gasteiger partial charge in [-0.15, -0.1) is 0 Å². The average Bonchev–Trinajstić information content (AvgIpc) is 3.62. The SMILES string of the molecule is c1ccc(C2(c3ccccc3)c3ccccc3-c3ccc(-c4ccc(C5(c6ccccc6)c6c(ccc7ccccc67)Sc6ccc7ccccc7c65)cc4)cc32)cc1. The molecule has 1 aliphatic carbocycles. The summed E-state index contributed by atoms with van der Waals surface area (Å²) in [6, 6.07) is 86.3. The van der Waals surface area contributed by atoms with E-state index in [1.165, 1.54) is 98.1 Å². The minimum atomic E-state index is -0.577. The van der Waals surface area contributed by atoms with Crippen LogP contribution in [0.2, 0.25) is 0 Å². The third-order valence-electron chi connectivity index (χ3n) is 13.1. The zero-order valence-electron chi connectivity index (χ0n) is 32.3. The van der Waals surface area contributed by atoms with Gasteiger partial charge in [0.05, 0.1) is 10.8 Å². The Morgan fingerprint density at radius 1 is 0.288 bits per heavy atom. The number of hydrogen-bond acceptors (Lipinski definition) is 1. The zero-order chi connectivity index (χ0) is 39.0. The van der Waals surface area contributed by atoms with Crippen molar-refractivity contribution in [1.29, 1.82) is 0 Å². The Balaban J connectivity index is 1.11. The van der Waals surface area contributed by atoms with Crippen molar-refractivity contribution in [2.75, 3.05) is 0 Å². The molecule has 0 bridgehead atoms. The molecule has 0 aromatic heterocycles. The highest BCUT2D eigenvalue weighted by Crippen LogP contribution is 2.60. The predicted molar refractivity (Wildman–Crippen MR) is 247 cm³/mol. The van der Waals surface area contributed by atoms with Crippen LogP contribution in [0.3, 0.4) is 0 Å². The molecular formula is C58H38S. The molecule has 1 heterocycles. The molecule has 0 radical (unpaired) electrons. The largest absolute Gasteiger partial charge is 0.0894 e. The maximum atomic E-state index is 2.47. The van der Waals surface area contributed by atoms with Crippen LogP contribution in [0, 0.1) is 0 Å². The third-order valence-corrected chi connectivity index (χ3v) is 14.2. The van der Waals surface area contributed by atoms with E-state index in [2.05, 4.69) is 231 Å². The molecule has 59 heavy (non-hydrogen) atoms. The predicted octanol–water partition coefficient (Wildman–Crippen LogP) is 14.9. The Bertz CT molecular complexity index is 3090. The third kappa shape index (κ3) is 4.86. The van der Waals surface area contributed by atoms with Gasteiger partial charge < -0.3 is 0 Å². The second-order valence-corrected chi connectivity index (χ2v) is 17.0. The van der Waals surface area contributed by atoms with Gasteiger partial charge in [-0.05, 0) is 107 Å². The van der Waals surface area contributed by atoms with Crippen molar-refractivity contribution in [2.45, 2.75) is 20.6 Å². The summed E-state index contributed by atoms with van der Waals surface area (Å²) in [6.07, 6.45) is 0. The number of fused-ring (bicyclic) bond motifs is 9. The van der Waals surface area contributed by atoms with Crippen LogP contribution >= 0.6 is 11.8 Å². The minimum absolute atomic E-state index is 0.447. The normalized spacial score (nSPS) is 14.3. The Kier molecular flexibility index (Phi) is 7.70. The Morgan fingerprint density at radius 3 is 1.31 bits per heavy atom. The highest BCUT2D eigenvalue weighted by molar-refractivity contribution is 7.99. The lowest BCUT2D eigenvalue weighted by atomic mass is 9.62. The van der Waals surface area contributed by atoms with Crippen LogP contribution in [0.25, 0.3) is 43.8 Å².